The number of nitrogens with one attached hydrogen (secondary N) is 1. The van der Waals surface area contributed by atoms with Gasteiger partial charge in [0.25, 0.3) is 11.6 Å². The Hall–Kier alpha value is -1.95. The first-order valence-corrected chi connectivity index (χ1v) is 7.31. The van der Waals surface area contributed by atoms with Gasteiger partial charge in [-0.15, -0.1) is 0 Å². The van der Waals surface area contributed by atoms with E-state index in [0.29, 0.717) is 12.1 Å². The number of aryl methyl sites for hydroxylation is 1. The Bertz CT molecular complexity index is 539. The van der Waals surface area contributed by atoms with Gasteiger partial charge in [0.15, 0.2) is 0 Å². The van der Waals surface area contributed by atoms with Gasteiger partial charge in [-0.1, -0.05) is 13.0 Å². The molecule has 2 rings (SSSR count). The molecular weight excluding hydrogens is 270 g/mol. The number of non-ortho nitro benzene ring substituents is 1. The van der Waals surface area contributed by atoms with Crippen LogP contribution in [0.25, 0.3) is 0 Å². The standard InChI is InChI=1S/C15H21N3O3/c1-3-8-17(13-6-7-16-10-13)15(19)14-9-12(18(20)21)5-4-11(14)2/h4-5,9,13,16H,3,6-8,10H2,1-2H3. The van der Waals surface area contributed by atoms with E-state index in [9.17, 15) is 14.9 Å². The molecule has 0 bridgehead atoms. The normalized spacial score (nSPS) is 17.7. The molecule has 0 aromatic heterocycles. The van der Waals surface area contributed by atoms with Crippen LogP contribution in [0.15, 0.2) is 18.2 Å². The van der Waals surface area contributed by atoms with Crippen LogP contribution < -0.4 is 5.32 Å². The summed E-state index contributed by atoms with van der Waals surface area (Å²) >= 11 is 0. The summed E-state index contributed by atoms with van der Waals surface area (Å²) < 4.78 is 0. The second-order valence-electron chi connectivity index (χ2n) is 5.40. The topological polar surface area (TPSA) is 75.5 Å². The van der Waals surface area contributed by atoms with Crippen LogP contribution in [0.2, 0.25) is 0 Å². The summed E-state index contributed by atoms with van der Waals surface area (Å²) in [6, 6.07) is 4.65. The van der Waals surface area contributed by atoms with E-state index < -0.39 is 4.92 Å². The monoisotopic (exact) mass is 291 g/mol. The predicted molar refractivity (Wildman–Crippen MR) is 80.4 cm³/mol. The molecule has 0 saturated carbocycles. The third kappa shape index (κ3) is 3.39. The lowest BCUT2D eigenvalue weighted by Crippen LogP contribution is -2.42. The van der Waals surface area contributed by atoms with Crippen molar-refractivity contribution in [2.45, 2.75) is 32.7 Å². The van der Waals surface area contributed by atoms with Gasteiger partial charge in [0.1, 0.15) is 0 Å². The summed E-state index contributed by atoms with van der Waals surface area (Å²) in [4.78, 5) is 25.1. The first-order chi connectivity index (χ1) is 10.0. The number of hydrogen-bond donors (Lipinski definition) is 1. The molecule has 1 aliphatic rings. The highest BCUT2D eigenvalue weighted by molar-refractivity contribution is 5.96. The van der Waals surface area contributed by atoms with Crippen molar-refractivity contribution in [3.63, 3.8) is 0 Å². The lowest BCUT2D eigenvalue weighted by Gasteiger charge is -2.28. The van der Waals surface area contributed by atoms with Crippen LogP contribution in [-0.4, -0.2) is 41.4 Å². The van der Waals surface area contributed by atoms with E-state index in [-0.39, 0.29) is 17.6 Å². The average Bonchev–Trinajstić information content (AvgIpc) is 2.98. The van der Waals surface area contributed by atoms with E-state index in [0.717, 1.165) is 31.5 Å². The van der Waals surface area contributed by atoms with Crippen molar-refractivity contribution in [1.29, 1.82) is 0 Å². The van der Waals surface area contributed by atoms with E-state index in [2.05, 4.69) is 5.32 Å². The molecule has 0 spiro atoms. The van der Waals surface area contributed by atoms with Gasteiger partial charge in [-0.3, -0.25) is 14.9 Å². The number of nitrogens with zero attached hydrogens (tertiary/aromatic N) is 2. The zero-order chi connectivity index (χ0) is 15.4. The maximum atomic E-state index is 12.8. The van der Waals surface area contributed by atoms with Crippen LogP contribution in [0.1, 0.15) is 35.7 Å². The largest absolute Gasteiger partial charge is 0.334 e. The van der Waals surface area contributed by atoms with Crippen LogP contribution in [0.3, 0.4) is 0 Å². The Labute approximate surface area is 124 Å². The second kappa shape index (κ2) is 6.67. The van der Waals surface area contributed by atoms with Crippen molar-refractivity contribution >= 4 is 11.6 Å². The van der Waals surface area contributed by atoms with Gasteiger partial charge in [0.05, 0.1) is 4.92 Å². The number of carbonyl (C=O) groups excluding carboxylic acids is 1. The van der Waals surface area contributed by atoms with Crippen molar-refractivity contribution in [1.82, 2.24) is 10.2 Å². The molecule has 1 heterocycles. The minimum absolute atomic E-state index is 0.0371. The Morgan fingerprint density at radius 2 is 2.29 bits per heavy atom. The first-order valence-electron chi connectivity index (χ1n) is 7.31. The van der Waals surface area contributed by atoms with Crippen LogP contribution in [0.5, 0.6) is 0 Å². The number of hydrogen-bond acceptors (Lipinski definition) is 4. The van der Waals surface area contributed by atoms with Gasteiger partial charge in [0, 0.05) is 36.8 Å². The minimum atomic E-state index is -0.461. The zero-order valence-electron chi connectivity index (χ0n) is 12.5. The minimum Gasteiger partial charge on any atom is -0.334 e. The van der Waals surface area contributed by atoms with Crippen LogP contribution in [-0.2, 0) is 0 Å². The first kappa shape index (κ1) is 15.4. The molecule has 1 unspecified atom stereocenters. The van der Waals surface area contributed by atoms with Gasteiger partial charge >= 0.3 is 0 Å². The molecule has 1 amide bonds. The summed E-state index contributed by atoms with van der Waals surface area (Å²) in [5, 5.41) is 14.2. The SMILES string of the molecule is CCCN(C(=O)c1cc([N+](=O)[O-])ccc1C)C1CCNC1. The number of nitro benzene ring substituents is 1. The molecule has 6 heteroatoms. The van der Waals surface area contributed by atoms with Gasteiger partial charge in [-0.05, 0) is 31.9 Å². The highest BCUT2D eigenvalue weighted by Crippen LogP contribution is 2.21. The molecule has 1 aliphatic heterocycles. The molecule has 1 aromatic carbocycles. The maximum Gasteiger partial charge on any atom is 0.270 e. The summed E-state index contributed by atoms with van der Waals surface area (Å²) in [5.41, 5.74) is 1.17. The average molecular weight is 291 g/mol. The summed E-state index contributed by atoms with van der Waals surface area (Å²) in [6.07, 6.45) is 1.80. The van der Waals surface area contributed by atoms with Crippen molar-refractivity contribution in [2.75, 3.05) is 19.6 Å². The Morgan fingerprint density at radius 1 is 1.52 bits per heavy atom. The fraction of sp³-hybridized carbons (Fsp3) is 0.533. The summed E-state index contributed by atoms with van der Waals surface area (Å²) in [7, 11) is 0. The quantitative estimate of drug-likeness (QED) is 0.666. The van der Waals surface area contributed by atoms with Crippen LogP contribution >= 0.6 is 0 Å². The van der Waals surface area contributed by atoms with Crippen LogP contribution in [0, 0.1) is 17.0 Å². The maximum absolute atomic E-state index is 12.8. The number of amides is 1. The van der Waals surface area contributed by atoms with E-state index >= 15 is 0 Å². The van der Waals surface area contributed by atoms with E-state index in [1.54, 1.807) is 6.07 Å². The van der Waals surface area contributed by atoms with Crippen molar-refractivity contribution in [3.05, 3.63) is 39.4 Å². The number of nitro groups is 1. The molecule has 1 fully saturated rings. The Kier molecular flexibility index (Phi) is 4.90. The van der Waals surface area contributed by atoms with Crippen molar-refractivity contribution in [3.8, 4) is 0 Å². The van der Waals surface area contributed by atoms with E-state index in [4.69, 9.17) is 0 Å². The lowest BCUT2D eigenvalue weighted by molar-refractivity contribution is -0.384. The summed E-state index contributed by atoms with van der Waals surface area (Å²) in [6.45, 7) is 6.22. The van der Waals surface area contributed by atoms with Gasteiger partial charge < -0.3 is 10.2 Å². The van der Waals surface area contributed by atoms with Gasteiger partial charge in [0.2, 0.25) is 0 Å². The number of carbonyl (C=O) groups is 1. The Morgan fingerprint density at radius 3 is 2.86 bits per heavy atom. The molecule has 1 N–H and O–H groups in total. The highest BCUT2D eigenvalue weighted by Gasteiger charge is 2.28. The predicted octanol–water partition coefficient (Wildman–Crippen LogP) is 2.12. The number of benzene rings is 1. The molecule has 0 radical (unpaired) electrons. The second-order valence-corrected chi connectivity index (χ2v) is 5.40. The number of rotatable bonds is 5. The van der Waals surface area contributed by atoms with Crippen molar-refractivity contribution < 1.29 is 9.72 Å². The van der Waals surface area contributed by atoms with E-state index in [1.807, 2.05) is 18.7 Å². The molecule has 0 aliphatic carbocycles. The zero-order valence-corrected chi connectivity index (χ0v) is 12.5. The van der Waals surface area contributed by atoms with Crippen molar-refractivity contribution in [2.24, 2.45) is 0 Å². The lowest BCUT2D eigenvalue weighted by atomic mass is 10.0. The fourth-order valence-electron chi connectivity index (χ4n) is 2.70. The third-order valence-corrected chi connectivity index (χ3v) is 3.86. The molecular formula is C15H21N3O3. The molecule has 114 valence electrons. The molecule has 6 nitrogen and oxygen atoms in total. The Balaban J connectivity index is 2.31. The smallest absolute Gasteiger partial charge is 0.270 e. The third-order valence-electron chi connectivity index (χ3n) is 3.86. The van der Waals surface area contributed by atoms with Gasteiger partial charge in [-0.2, -0.15) is 0 Å². The molecule has 1 aromatic rings. The fourth-order valence-corrected chi connectivity index (χ4v) is 2.70. The van der Waals surface area contributed by atoms with Gasteiger partial charge in [-0.25, -0.2) is 0 Å². The molecule has 1 atom stereocenters. The van der Waals surface area contributed by atoms with Crippen LogP contribution in [0.4, 0.5) is 5.69 Å². The van der Waals surface area contributed by atoms with E-state index in [1.165, 1.54) is 12.1 Å². The highest BCUT2D eigenvalue weighted by atomic mass is 16.6. The summed E-state index contributed by atoms with van der Waals surface area (Å²) in [5.74, 6) is -0.105. The molecule has 1 saturated heterocycles. The molecule has 21 heavy (non-hydrogen) atoms.